The van der Waals surface area contributed by atoms with E-state index in [1.807, 2.05) is 30.3 Å². The van der Waals surface area contributed by atoms with Gasteiger partial charge in [0.15, 0.2) is 0 Å². The molecule has 1 aromatic carbocycles. The van der Waals surface area contributed by atoms with Gasteiger partial charge in [0.2, 0.25) is 5.91 Å². The Kier molecular flexibility index (Phi) is 5.75. The van der Waals surface area contributed by atoms with Gasteiger partial charge in [-0.05, 0) is 24.5 Å². The van der Waals surface area contributed by atoms with Crippen molar-refractivity contribution in [3.63, 3.8) is 0 Å². The lowest BCUT2D eigenvalue weighted by atomic mass is 10.0. The predicted octanol–water partition coefficient (Wildman–Crippen LogP) is 3.14. The minimum Gasteiger partial charge on any atom is -0.478 e. The summed E-state index contributed by atoms with van der Waals surface area (Å²) < 4.78 is 5.02. The average molecular weight is 388 g/mol. The fourth-order valence-corrected chi connectivity index (χ4v) is 4.31. The molecule has 0 aliphatic carbocycles. The molecule has 2 N–H and O–H groups in total. The molecular formula is C19H20N2O5S. The molecule has 2 amide bonds. The fourth-order valence-electron chi connectivity index (χ4n) is 3.04. The van der Waals surface area contributed by atoms with E-state index in [2.05, 4.69) is 5.32 Å². The Morgan fingerprint density at radius 2 is 2.00 bits per heavy atom. The molecule has 2 heterocycles. The van der Waals surface area contributed by atoms with Crippen LogP contribution in [0.5, 0.6) is 0 Å². The Bertz CT molecular complexity index is 862. The molecule has 0 atom stereocenters. The van der Waals surface area contributed by atoms with Crippen LogP contribution in [-0.4, -0.2) is 41.1 Å². The second kappa shape index (κ2) is 8.22. The summed E-state index contributed by atoms with van der Waals surface area (Å²) in [5, 5.41) is 12.7. The normalized spacial score (nSPS) is 13.0. The molecule has 0 spiro atoms. The van der Waals surface area contributed by atoms with Crippen molar-refractivity contribution in [2.75, 3.05) is 18.5 Å². The third kappa shape index (κ3) is 4.28. The van der Waals surface area contributed by atoms with Gasteiger partial charge in [0.05, 0.1) is 25.1 Å². The first-order valence-electron chi connectivity index (χ1n) is 8.63. The number of carbonyl (C=O) groups excluding carboxylic acids is 2. The summed E-state index contributed by atoms with van der Waals surface area (Å²) in [6.07, 6.45) is 0.168. The van der Waals surface area contributed by atoms with Gasteiger partial charge >= 0.3 is 12.1 Å². The van der Waals surface area contributed by atoms with Crippen molar-refractivity contribution in [2.45, 2.75) is 26.3 Å². The van der Waals surface area contributed by atoms with E-state index in [0.717, 1.165) is 10.4 Å². The standard InChI is InChI=1S/C19H20N2O5S/c1-2-26-19(25)21-9-8-13-14(11-21)27-17(16(13)18(23)24)20-15(22)10-12-6-4-3-5-7-12/h3-7H,2,8-11H2,1H3,(H,20,22)(H,23,24). The van der Waals surface area contributed by atoms with Gasteiger partial charge in [-0.1, -0.05) is 30.3 Å². The lowest BCUT2D eigenvalue weighted by Gasteiger charge is -2.26. The monoisotopic (exact) mass is 388 g/mol. The van der Waals surface area contributed by atoms with Crippen LogP contribution in [0.15, 0.2) is 30.3 Å². The molecule has 0 fully saturated rings. The number of thiophene rings is 1. The van der Waals surface area contributed by atoms with E-state index in [1.165, 1.54) is 11.3 Å². The van der Waals surface area contributed by atoms with Crippen LogP contribution < -0.4 is 5.32 Å². The van der Waals surface area contributed by atoms with Gasteiger partial charge in [0, 0.05) is 11.4 Å². The summed E-state index contributed by atoms with van der Waals surface area (Å²) in [4.78, 5) is 38.4. The largest absolute Gasteiger partial charge is 0.478 e. The highest BCUT2D eigenvalue weighted by Gasteiger charge is 2.30. The zero-order valence-corrected chi connectivity index (χ0v) is 15.7. The number of ether oxygens (including phenoxy) is 1. The molecule has 0 radical (unpaired) electrons. The van der Waals surface area contributed by atoms with Gasteiger partial charge in [-0.3, -0.25) is 4.79 Å². The van der Waals surface area contributed by atoms with Crippen molar-refractivity contribution in [3.05, 3.63) is 51.9 Å². The van der Waals surface area contributed by atoms with Crippen LogP contribution in [0.2, 0.25) is 0 Å². The van der Waals surface area contributed by atoms with E-state index in [-0.39, 0.29) is 31.0 Å². The Morgan fingerprint density at radius 1 is 1.26 bits per heavy atom. The number of hydrogen-bond donors (Lipinski definition) is 2. The highest BCUT2D eigenvalue weighted by atomic mass is 32.1. The minimum atomic E-state index is -1.08. The number of carboxylic acid groups (broad SMARTS) is 1. The number of amides is 2. The summed E-state index contributed by atoms with van der Waals surface area (Å²) in [7, 11) is 0. The molecule has 27 heavy (non-hydrogen) atoms. The van der Waals surface area contributed by atoms with Crippen molar-refractivity contribution in [1.29, 1.82) is 0 Å². The summed E-state index contributed by atoms with van der Waals surface area (Å²) in [6.45, 7) is 2.70. The van der Waals surface area contributed by atoms with Crippen molar-refractivity contribution < 1.29 is 24.2 Å². The SMILES string of the molecule is CCOC(=O)N1CCc2c(sc(NC(=O)Cc3ccccc3)c2C(=O)O)C1. The van der Waals surface area contributed by atoms with Gasteiger partial charge in [-0.2, -0.15) is 0 Å². The third-order valence-electron chi connectivity index (χ3n) is 4.26. The van der Waals surface area contributed by atoms with Crippen LogP contribution in [0, 0.1) is 0 Å². The molecule has 8 heteroatoms. The molecule has 0 saturated heterocycles. The summed E-state index contributed by atoms with van der Waals surface area (Å²) >= 11 is 1.21. The summed E-state index contributed by atoms with van der Waals surface area (Å²) in [6, 6.07) is 9.24. The number of aromatic carboxylic acids is 1. The van der Waals surface area contributed by atoms with Gasteiger partial charge < -0.3 is 20.1 Å². The summed E-state index contributed by atoms with van der Waals surface area (Å²) in [5.74, 6) is -1.35. The van der Waals surface area contributed by atoms with E-state index in [9.17, 15) is 19.5 Å². The number of carbonyl (C=O) groups is 3. The van der Waals surface area contributed by atoms with Crippen molar-refractivity contribution >= 4 is 34.3 Å². The van der Waals surface area contributed by atoms with E-state index in [4.69, 9.17) is 4.74 Å². The quantitative estimate of drug-likeness (QED) is 0.820. The van der Waals surface area contributed by atoms with E-state index in [1.54, 1.807) is 11.8 Å². The average Bonchev–Trinajstić information content (AvgIpc) is 2.99. The number of anilines is 1. The minimum absolute atomic E-state index is 0.125. The van der Waals surface area contributed by atoms with Crippen LogP contribution in [0.1, 0.15) is 33.3 Å². The highest BCUT2D eigenvalue weighted by Crippen LogP contribution is 2.37. The molecule has 2 aromatic rings. The zero-order valence-electron chi connectivity index (χ0n) is 14.9. The van der Waals surface area contributed by atoms with Crippen molar-refractivity contribution in [2.24, 2.45) is 0 Å². The molecule has 1 aliphatic rings. The number of rotatable bonds is 5. The second-order valence-corrected chi connectivity index (χ2v) is 7.20. The molecule has 0 unspecified atom stereocenters. The van der Waals surface area contributed by atoms with Crippen LogP contribution in [0.25, 0.3) is 0 Å². The van der Waals surface area contributed by atoms with E-state index < -0.39 is 12.1 Å². The molecule has 3 rings (SSSR count). The van der Waals surface area contributed by atoms with Crippen LogP contribution in [0.4, 0.5) is 9.80 Å². The van der Waals surface area contributed by atoms with Crippen LogP contribution in [-0.2, 0) is 28.9 Å². The number of carboxylic acids is 1. The number of fused-ring (bicyclic) bond motifs is 1. The van der Waals surface area contributed by atoms with Crippen LogP contribution in [0.3, 0.4) is 0 Å². The van der Waals surface area contributed by atoms with Gasteiger partial charge in [-0.15, -0.1) is 11.3 Å². The lowest BCUT2D eigenvalue weighted by Crippen LogP contribution is -2.36. The number of benzene rings is 1. The fraction of sp³-hybridized carbons (Fsp3) is 0.316. The molecule has 0 bridgehead atoms. The van der Waals surface area contributed by atoms with E-state index >= 15 is 0 Å². The Balaban J connectivity index is 1.79. The first-order valence-corrected chi connectivity index (χ1v) is 9.44. The Morgan fingerprint density at radius 3 is 2.67 bits per heavy atom. The maximum atomic E-state index is 12.3. The van der Waals surface area contributed by atoms with Crippen molar-refractivity contribution in [1.82, 2.24) is 4.90 Å². The highest BCUT2D eigenvalue weighted by molar-refractivity contribution is 7.17. The smallest absolute Gasteiger partial charge is 0.410 e. The lowest BCUT2D eigenvalue weighted by molar-refractivity contribution is -0.115. The van der Waals surface area contributed by atoms with Gasteiger partial charge in [-0.25, -0.2) is 9.59 Å². The van der Waals surface area contributed by atoms with Crippen molar-refractivity contribution in [3.8, 4) is 0 Å². The molecule has 7 nitrogen and oxygen atoms in total. The maximum absolute atomic E-state index is 12.3. The molecule has 1 aromatic heterocycles. The van der Waals surface area contributed by atoms with Gasteiger partial charge in [0.1, 0.15) is 5.00 Å². The third-order valence-corrected chi connectivity index (χ3v) is 5.39. The Hall–Kier alpha value is -2.87. The molecule has 142 valence electrons. The first-order chi connectivity index (χ1) is 13.0. The second-order valence-electron chi connectivity index (χ2n) is 6.09. The molecular weight excluding hydrogens is 368 g/mol. The summed E-state index contributed by atoms with van der Waals surface area (Å²) in [5.41, 5.74) is 1.66. The number of hydrogen-bond acceptors (Lipinski definition) is 5. The molecule has 1 aliphatic heterocycles. The predicted molar refractivity (Wildman–Crippen MR) is 101 cm³/mol. The first kappa shape index (κ1) is 18.9. The molecule has 0 saturated carbocycles. The zero-order chi connectivity index (χ0) is 19.4. The maximum Gasteiger partial charge on any atom is 0.410 e. The van der Waals surface area contributed by atoms with Gasteiger partial charge in [0.25, 0.3) is 0 Å². The Labute approximate surface area is 160 Å². The number of nitrogens with one attached hydrogen (secondary N) is 1. The topological polar surface area (TPSA) is 95.9 Å². The van der Waals surface area contributed by atoms with E-state index in [0.29, 0.717) is 23.5 Å². The van der Waals surface area contributed by atoms with Crippen LogP contribution >= 0.6 is 11.3 Å². The number of nitrogens with zero attached hydrogens (tertiary/aromatic N) is 1.